The van der Waals surface area contributed by atoms with Crippen LogP contribution in [0.15, 0.2) is 24.3 Å². The molecule has 1 aromatic carbocycles. The van der Waals surface area contributed by atoms with E-state index in [4.69, 9.17) is 0 Å². The van der Waals surface area contributed by atoms with Crippen molar-refractivity contribution < 1.29 is 4.79 Å². The van der Waals surface area contributed by atoms with Crippen LogP contribution in [0, 0.1) is 0 Å². The maximum Gasteiger partial charge on any atom is 0.239 e. The van der Waals surface area contributed by atoms with E-state index in [1.165, 1.54) is 50.0 Å². The summed E-state index contributed by atoms with van der Waals surface area (Å²) < 4.78 is 0. The predicted octanol–water partition coefficient (Wildman–Crippen LogP) is 2.00. The summed E-state index contributed by atoms with van der Waals surface area (Å²) in [7, 11) is 0. The van der Waals surface area contributed by atoms with Gasteiger partial charge in [0.2, 0.25) is 5.91 Å². The second-order valence-corrected chi connectivity index (χ2v) is 6.08. The first-order valence-electron chi connectivity index (χ1n) is 8.15. The number of amides is 1. The minimum Gasteiger partial charge on any atom is -0.361 e. The molecule has 1 saturated heterocycles. The molecule has 0 bridgehead atoms. The number of para-hydroxylation sites is 1. The van der Waals surface area contributed by atoms with Gasteiger partial charge < -0.3 is 15.1 Å². The van der Waals surface area contributed by atoms with E-state index < -0.39 is 0 Å². The Kier molecular flexibility index (Phi) is 4.76. The molecule has 0 aliphatic carbocycles. The third-order valence-corrected chi connectivity index (χ3v) is 4.53. The van der Waals surface area contributed by atoms with Crippen molar-refractivity contribution in [3.8, 4) is 0 Å². The Morgan fingerprint density at radius 1 is 1.00 bits per heavy atom. The highest BCUT2D eigenvalue weighted by molar-refractivity contribution is 5.83. The minimum absolute atomic E-state index is 0.127. The van der Waals surface area contributed by atoms with Crippen LogP contribution in [0.4, 0.5) is 5.69 Å². The van der Waals surface area contributed by atoms with Crippen molar-refractivity contribution in [1.29, 1.82) is 0 Å². The fraction of sp³-hybridized carbons (Fsp3) is 0.588. The van der Waals surface area contributed by atoms with E-state index in [1.807, 2.05) is 6.07 Å². The largest absolute Gasteiger partial charge is 0.361 e. The van der Waals surface area contributed by atoms with E-state index >= 15 is 0 Å². The number of nitrogens with one attached hydrogen (secondary N) is 1. The van der Waals surface area contributed by atoms with E-state index in [2.05, 4.69) is 33.3 Å². The summed E-state index contributed by atoms with van der Waals surface area (Å²) in [6.45, 7) is 5.54. The van der Waals surface area contributed by atoms with Gasteiger partial charge in [0.05, 0.1) is 6.54 Å². The third kappa shape index (κ3) is 3.76. The smallest absolute Gasteiger partial charge is 0.239 e. The number of likely N-dealkylation sites (tertiary alicyclic amines) is 1. The quantitative estimate of drug-likeness (QED) is 0.923. The molecule has 0 atom stereocenters. The molecular formula is C17H25N3O. The Hall–Kier alpha value is -1.55. The number of fused-ring (bicyclic) bond motifs is 1. The van der Waals surface area contributed by atoms with E-state index in [1.54, 1.807) is 0 Å². The van der Waals surface area contributed by atoms with Crippen LogP contribution in [0.25, 0.3) is 0 Å². The van der Waals surface area contributed by atoms with Crippen LogP contribution in [-0.2, 0) is 11.3 Å². The summed E-state index contributed by atoms with van der Waals surface area (Å²) in [5.41, 5.74) is 2.44. The molecule has 0 radical (unpaired) electrons. The molecule has 0 unspecified atom stereocenters. The molecule has 2 heterocycles. The average Bonchev–Trinajstić information content (AvgIpc) is 2.85. The van der Waals surface area contributed by atoms with Crippen LogP contribution < -0.4 is 10.2 Å². The summed E-state index contributed by atoms with van der Waals surface area (Å²) >= 11 is 0. The molecular weight excluding hydrogens is 262 g/mol. The van der Waals surface area contributed by atoms with Crippen molar-refractivity contribution >= 4 is 11.6 Å². The Balaban J connectivity index is 1.66. The van der Waals surface area contributed by atoms with Gasteiger partial charge in [-0.1, -0.05) is 31.0 Å². The highest BCUT2D eigenvalue weighted by Crippen LogP contribution is 2.22. The van der Waals surface area contributed by atoms with Gasteiger partial charge in [0, 0.05) is 25.3 Å². The van der Waals surface area contributed by atoms with Gasteiger partial charge in [-0.3, -0.25) is 4.79 Å². The van der Waals surface area contributed by atoms with Gasteiger partial charge in [-0.05, 0) is 37.6 Å². The summed E-state index contributed by atoms with van der Waals surface area (Å²) in [5.74, 6) is 0.127. The average molecular weight is 287 g/mol. The molecule has 4 nitrogen and oxygen atoms in total. The van der Waals surface area contributed by atoms with E-state index in [-0.39, 0.29) is 5.91 Å². The Labute approximate surface area is 127 Å². The Bertz CT molecular complexity index is 481. The molecule has 0 spiro atoms. The number of hydrogen-bond donors (Lipinski definition) is 1. The lowest BCUT2D eigenvalue weighted by atomic mass is 10.1. The van der Waals surface area contributed by atoms with Gasteiger partial charge in [-0.25, -0.2) is 0 Å². The molecule has 0 aromatic heterocycles. The van der Waals surface area contributed by atoms with Gasteiger partial charge >= 0.3 is 0 Å². The van der Waals surface area contributed by atoms with E-state index in [9.17, 15) is 4.79 Å². The van der Waals surface area contributed by atoms with Crippen LogP contribution in [-0.4, -0.2) is 43.5 Å². The van der Waals surface area contributed by atoms with Crippen molar-refractivity contribution in [2.24, 2.45) is 0 Å². The van der Waals surface area contributed by atoms with Gasteiger partial charge in [-0.2, -0.15) is 0 Å². The molecule has 2 aliphatic heterocycles. The number of benzene rings is 1. The molecule has 1 fully saturated rings. The molecule has 4 heteroatoms. The van der Waals surface area contributed by atoms with Gasteiger partial charge in [0.15, 0.2) is 0 Å². The summed E-state index contributed by atoms with van der Waals surface area (Å²) in [6, 6.07) is 8.36. The van der Waals surface area contributed by atoms with E-state index in [0.717, 1.165) is 13.1 Å². The van der Waals surface area contributed by atoms with Crippen LogP contribution in [0.3, 0.4) is 0 Å². The van der Waals surface area contributed by atoms with Crippen LogP contribution in [0.2, 0.25) is 0 Å². The van der Waals surface area contributed by atoms with Crippen LogP contribution in [0.1, 0.15) is 31.2 Å². The lowest BCUT2D eigenvalue weighted by molar-refractivity contribution is -0.119. The summed E-state index contributed by atoms with van der Waals surface area (Å²) in [6.07, 6.45) is 5.37. The number of carbonyl (C=O) groups excluding carboxylic acids is 1. The highest BCUT2D eigenvalue weighted by atomic mass is 16.2. The third-order valence-electron chi connectivity index (χ3n) is 4.53. The highest BCUT2D eigenvalue weighted by Gasteiger charge is 2.19. The summed E-state index contributed by atoms with van der Waals surface area (Å²) in [4.78, 5) is 16.7. The zero-order valence-electron chi connectivity index (χ0n) is 12.7. The maximum absolute atomic E-state index is 11.9. The zero-order valence-corrected chi connectivity index (χ0v) is 12.7. The first-order chi connectivity index (χ1) is 10.3. The molecule has 21 heavy (non-hydrogen) atoms. The Morgan fingerprint density at radius 2 is 1.76 bits per heavy atom. The zero-order chi connectivity index (χ0) is 14.5. The fourth-order valence-corrected chi connectivity index (χ4v) is 3.30. The van der Waals surface area contributed by atoms with Crippen molar-refractivity contribution in [3.63, 3.8) is 0 Å². The lowest BCUT2D eigenvalue weighted by Crippen LogP contribution is -2.39. The number of carbonyl (C=O) groups is 1. The standard InChI is InChI=1S/C17H25N3O/c21-17-14-20(12-11-19-9-5-1-2-6-10-19)16-8-4-3-7-15(16)13-18-17/h3-4,7-8H,1-2,5-6,9-14H2,(H,18,21). The van der Waals surface area contributed by atoms with Gasteiger partial charge in [0.1, 0.15) is 0 Å². The molecule has 3 rings (SSSR count). The van der Waals surface area contributed by atoms with Crippen molar-refractivity contribution in [2.45, 2.75) is 32.2 Å². The number of anilines is 1. The first-order valence-corrected chi connectivity index (χ1v) is 8.15. The molecule has 0 saturated carbocycles. The number of hydrogen-bond acceptors (Lipinski definition) is 3. The topological polar surface area (TPSA) is 35.6 Å². The lowest BCUT2D eigenvalue weighted by Gasteiger charge is -2.27. The van der Waals surface area contributed by atoms with Crippen molar-refractivity contribution in [3.05, 3.63) is 29.8 Å². The SMILES string of the molecule is O=C1CN(CCN2CCCCCC2)c2ccccc2CN1. The predicted molar refractivity (Wildman–Crippen MR) is 85.4 cm³/mol. The van der Waals surface area contributed by atoms with Gasteiger partial charge in [-0.15, -0.1) is 0 Å². The fourth-order valence-electron chi connectivity index (χ4n) is 3.30. The molecule has 1 N–H and O–H groups in total. The maximum atomic E-state index is 11.9. The molecule has 1 amide bonds. The number of rotatable bonds is 3. The van der Waals surface area contributed by atoms with Gasteiger partial charge in [0.25, 0.3) is 0 Å². The molecule has 2 aliphatic rings. The Morgan fingerprint density at radius 3 is 2.57 bits per heavy atom. The van der Waals surface area contributed by atoms with Crippen molar-refractivity contribution in [1.82, 2.24) is 10.2 Å². The van der Waals surface area contributed by atoms with Crippen molar-refractivity contribution in [2.75, 3.05) is 37.6 Å². The molecule has 114 valence electrons. The second-order valence-electron chi connectivity index (χ2n) is 6.08. The van der Waals surface area contributed by atoms with E-state index in [0.29, 0.717) is 13.1 Å². The minimum atomic E-state index is 0.127. The monoisotopic (exact) mass is 287 g/mol. The summed E-state index contributed by atoms with van der Waals surface area (Å²) in [5, 5.41) is 2.98. The molecule has 1 aromatic rings. The van der Waals surface area contributed by atoms with Crippen LogP contribution >= 0.6 is 0 Å². The number of nitrogens with zero attached hydrogens (tertiary/aromatic N) is 2. The normalized spacial score (nSPS) is 20.4. The second kappa shape index (κ2) is 6.94. The first kappa shape index (κ1) is 14.4. The van der Waals surface area contributed by atoms with Crippen LogP contribution in [0.5, 0.6) is 0 Å².